The van der Waals surface area contributed by atoms with E-state index in [1.807, 2.05) is 0 Å². The lowest BCUT2D eigenvalue weighted by atomic mass is 10.1. The summed E-state index contributed by atoms with van der Waals surface area (Å²) >= 11 is 0. The lowest BCUT2D eigenvalue weighted by Crippen LogP contribution is -2.05. The molecule has 2 aromatic rings. The minimum atomic E-state index is 0.846. The Kier molecular flexibility index (Phi) is 3.36. The molecule has 0 atom stereocenters. The standard InChI is InChI=1S/C14H16N/c1-2-9-15-11-12-7-8-13-5-3-4-6-14(13)10-12/h3-8,10H,2,9,11H2,1H3. The van der Waals surface area contributed by atoms with Crippen LogP contribution in [0, 0.1) is 0 Å². The molecule has 2 rings (SSSR count). The molecule has 1 radical (unpaired) electrons. The second kappa shape index (κ2) is 4.94. The number of hydrogen-bond acceptors (Lipinski definition) is 0. The van der Waals surface area contributed by atoms with Crippen molar-refractivity contribution in [2.45, 2.75) is 19.9 Å². The molecule has 0 bridgehead atoms. The summed E-state index contributed by atoms with van der Waals surface area (Å²) < 4.78 is 0. The van der Waals surface area contributed by atoms with Crippen LogP contribution in [0.3, 0.4) is 0 Å². The molecule has 77 valence electrons. The summed E-state index contributed by atoms with van der Waals surface area (Å²) in [4.78, 5) is 0. The monoisotopic (exact) mass is 198 g/mol. The number of benzene rings is 2. The molecule has 0 aliphatic rings. The van der Waals surface area contributed by atoms with Gasteiger partial charge in [-0.25, -0.2) is 5.32 Å². The maximum atomic E-state index is 4.47. The summed E-state index contributed by atoms with van der Waals surface area (Å²) in [5, 5.41) is 7.08. The third kappa shape index (κ3) is 2.57. The fraction of sp³-hybridized carbons (Fsp3) is 0.286. The van der Waals surface area contributed by atoms with Gasteiger partial charge in [-0.15, -0.1) is 0 Å². The molecule has 0 heterocycles. The lowest BCUT2D eigenvalue weighted by Gasteiger charge is -2.03. The second-order valence-electron chi connectivity index (χ2n) is 3.79. The molecular weight excluding hydrogens is 182 g/mol. The number of fused-ring (bicyclic) bond motifs is 1. The first-order valence-electron chi connectivity index (χ1n) is 5.51. The van der Waals surface area contributed by atoms with Crippen molar-refractivity contribution in [2.75, 3.05) is 6.54 Å². The number of hydrogen-bond donors (Lipinski definition) is 0. The van der Waals surface area contributed by atoms with E-state index in [-0.39, 0.29) is 0 Å². The van der Waals surface area contributed by atoms with Gasteiger partial charge in [-0.3, -0.25) is 0 Å². The van der Waals surface area contributed by atoms with E-state index < -0.39 is 0 Å². The van der Waals surface area contributed by atoms with Gasteiger partial charge in [-0.2, -0.15) is 0 Å². The third-order valence-corrected chi connectivity index (χ3v) is 2.49. The van der Waals surface area contributed by atoms with Gasteiger partial charge >= 0.3 is 0 Å². The highest BCUT2D eigenvalue weighted by Gasteiger charge is 1.95. The molecule has 0 saturated carbocycles. The molecular formula is C14H16N. The molecule has 15 heavy (non-hydrogen) atoms. The van der Waals surface area contributed by atoms with Gasteiger partial charge < -0.3 is 0 Å². The molecule has 0 aliphatic heterocycles. The van der Waals surface area contributed by atoms with Crippen molar-refractivity contribution in [3.8, 4) is 0 Å². The van der Waals surface area contributed by atoms with Gasteiger partial charge in [0.1, 0.15) is 0 Å². The molecule has 0 fully saturated rings. The normalized spacial score (nSPS) is 10.7. The summed E-state index contributed by atoms with van der Waals surface area (Å²) in [5.74, 6) is 0. The van der Waals surface area contributed by atoms with Crippen LogP contribution in [0.1, 0.15) is 18.9 Å². The van der Waals surface area contributed by atoms with E-state index in [4.69, 9.17) is 0 Å². The van der Waals surface area contributed by atoms with Crippen LogP contribution >= 0.6 is 0 Å². The minimum Gasteiger partial charge on any atom is -0.237 e. The van der Waals surface area contributed by atoms with Crippen LogP contribution in [0.15, 0.2) is 42.5 Å². The third-order valence-electron chi connectivity index (χ3n) is 2.49. The highest BCUT2D eigenvalue weighted by atomic mass is 14.8. The van der Waals surface area contributed by atoms with Crippen molar-refractivity contribution in [1.29, 1.82) is 0 Å². The zero-order valence-electron chi connectivity index (χ0n) is 9.11. The van der Waals surface area contributed by atoms with Crippen LogP contribution in [0.25, 0.3) is 10.8 Å². The van der Waals surface area contributed by atoms with Gasteiger partial charge in [0, 0.05) is 13.1 Å². The highest BCUT2D eigenvalue weighted by Crippen LogP contribution is 2.15. The summed E-state index contributed by atoms with van der Waals surface area (Å²) in [5.41, 5.74) is 1.31. The lowest BCUT2D eigenvalue weighted by molar-refractivity contribution is 0.661. The molecule has 0 aliphatic carbocycles. The summed E-state index contributed by atoms with van der Waals surface area (Å²) in [6, 6.07) is 15.0. The predicted molar refractivity (Wildman–Crippen MR) is 64.9 cm³/mol. The molecule has 0 spiro atoms. The van der Waals surface area contributed by atoms with Crippen LogP contribution in [0.4, 0.5) is 0 Å². The fourth-order valence-corrected chi connectivity index (χ4v) is 1.70. The largest absolute Gasteiger partial charge is 0.237 e. The SMILES string of the molecule is CCC[N]Cc1ccc2ccccc2c1. The maximum absolute atomic E-state index is 4.47. The predicted octanol–water partition coefficient (Wildman–Crippen LogP) is 3.35. The Labute approximate surface area is 91.1 Å². The first kappa shape index (κ1) is 10.2. The van der Waals surface area contributed by atoms with Crippen LogP contribution in [0.2, 0.25) is 0 Å². The van der Waals surface area contributed by atoms with E-state index in [1.54, 1.807) is 0 Å². The Morgan fingerprint density at radius 1 is 1.00 bits per heavy atom. The fourth-order valence-electron chi connectivity index (χ4n) is 1.70. The Balaban J connectivity index is 2.16. The topological polar surface area (TPSA) is 14.1 Å². The van der Waals surface area contributed by atoms with Crippen LogP contribution in [-0.4, -0.2) is 6.54 Å². The van der Waals surface area contributed by atoms with Crippen LogP contribution in [-0.2, 0) is 6.54 Å². The molecule has 0 N–H and O–H groups in total. The van der Waals surface area contributed by atoms with Crippen LogP contribution in [0.5, 0.6) is 0 Å². The average molecular weight is 198 g/mol. The Morgan fingerprint density at radius 3 is 2.60 bits per heavy atom. The van der Waals surface area contributed by atoms with Crippen LogP contribution < -0.4 is 5.32 Å². The molecule has 0 unspecified atom stereocenters. The maximum Gasteiger partial charge on any atom is 0.0384 e. The molecule has 0 amide bonds. The van der Waals surface area contributed by atoms with E-state index >= 15 is 0 Å². The molecule has 1 heteroatoms. The second-order valence-corrected chi connectivity index (χ2v) is 3.79. The zero-order valence-corrected chi connectivity index (χ0v) is 9.11. The Bertz CT molecular complexity index is 434. The average Bonchev–Trinajstić information content (AvgIpc) is 2.29. The van der Waals surface area contributed by atoms with Gasteiger partial charge in [-0.1, -0.05) is 43.3 Å². The quantitative estimate of drug-likeness (QED) is 0.669. The van der Waals surface area contributed by atoms with Crippen molar-refractivity contribution in [1.82, 2.24) is 5.32 Å². The van der Waals surface area contributed by atoms with Gasteiger partial charge in [0.15, 0.2) is 0 Å². The van der Waals surface area contributed by atoms with E-state index in [9.17, 15) is 0 Å². The van der Waals surface area contributed by atoms with Crippen molar-refractivity contribution in [2.24, 2.45) is 0 Å². The van der Waals surface area contributed by atoms with E-state index in [0.717, 1.165) is 19.5 Å². The smallest absolute Gasteiger partial charge is 0.0384 e. The minimum absolute atomic E-state index is 0.846. The number of rotatable bonds is 4. The molecule has 1 nitrogen and oxygen atoms in total. The Morgan fingerprint density at radius 2 is 1.80 bits per heavy atom. The Hall–Kier alpha value is -1.34. The van der Waals surface area contributed by atoms with Gasteiger partial charge in [0.2, 0.25) is 0 Å². The number of nitrogens with zero attached hydrogens (tertiary/aromatic N) is 1. The first-order valence-corrected chi connectivity index (χ1v) is 5.51. The van der Waals surface area contributed by atoms with Gasteiger partial charge in [0.05, 0.1) is 0 Å². The van der Waals surface area contributed by atoms with Crippen molar-refractivity contribution in [3.63, 3.8) is 0 Å². The van der Waals surface area contributed by atoms with E-state index in [1.165, 1.54) is 16.3 Å². The van der Waals surface area contributed by atoms with Gasteiger partial charge in [0.25, 0.3) is 0 Å². The summed E-state index contributed by atoms with van der Waals surface area (Å²) in [6.07, 6.45) is 1.13. The van der Waals surface area contributed by atoms with Crippen molar-refractivity contribution < 1.29 is 0 Å². The summed E-state index contributed by atoms with van der Waals surface area (Å²) in [7, 11) is 0. The van der Waals surface area contributed by atoms with E-state index in [2.05, 4.69) is 54.7 Å². The first-order chi connectivity index (χ1) is 7.40. The van der Waals surface area contributed by atoms with Crippen molar-refractivity contribution >= 4 is 10.8 Å². The van der Waals surface area contributed by atoms with E-state index in [0.29, 0.717) is 0 Å². The van der Waals surface area contributed by atoms with Crippen molar-refractivity contribution in [3.05, 3.63) is 48.0 Å². The molecule has 0 saturated heterocycles. The van der Waals surface area contributed by atoms with Gasteiger partial charge in [-0.05, 0) is 28.8 Å². The highest BCUT2D eigenvalue weighted by molar-refractivity contribution is 5.82. The summed E-state index contributed by atoms with van der Waals surface area (Å²) in [6.45, 7) is 3.97. The zero-order chi connectivity index (χ0) is 10.5. The molecule has 2 aromatic carbocycles. The molecule has 0 aromatic heterocycles.